The highest BCUT2D eigenvalue weighted by atomic mass is 16.7. The second-order valence-electron chi connectivity index (χ2n) is 8.17. The smallest absolute Gasteiger partial charge is 0.326 e. The van der Waals surface area contributed by atoms with Gasteiger partial charge in [0.05, 0.1) is 11.0 Å². The number of aromatic amines is 1. The fourth-order valence-corrected chi connectivity index (χ4v) is 4.48. The quantitative estimate of drug-likeness (QED) is 0.547. The van der Waals surface area contributed by atoms with E-state index in [4.69, 9.17) is 14.2 Å². The molecule has 3 heterocycles. The molecule has 32 heavy (non-hydrogen) atoms. The topological polar surface area (TPSA) is 107 Å². The minimum Gasteiger partial charge on any atom is -0.454 e. The molecule has 5 rings (SSSR count). The van der Waals surface area contributed by atoms with Crippen molar-refractivity contribution in [2.45, 2.75) is 24.8 Å². The molecular formula is C23H26N4O5. The summed E-state index contributed by atoms with van der Waals surface area (Å²) >= 11 is 0. The molecule has 0 saturated carbocycles. The number of carbonyl (C=O) groups excluding carboxylic acids is 1. The second-order valence-corrected chi connectivity index (χ2v) is 8.17. The number of fused-ring (bicyclic) bond motifs is 2. The van der Waals surface area contributed by atoms with Crippen molar-refractivity contribution in [2.75, 3.05) is 33.1 Å². The van der Waals surface area contributed by atoms with E-state index in [9.17, 15) is 9.59 Å². The van der Waals surface area contributed by atoms with E-state index in [1.54, 1.807) is 4.57 Å². The number of nitrogens with zero attached hydrogens (tertiary/aromatic N) is 1. The average molecular weight is 438 g/mol. The second kappa shape index (κ2) is 8.58. The monoisotopic (exact) mass is 438 g/mol. The summed E-state index contributed by atoms with van der Waals surface area (Å²) in [5.74, 6) is 1.48. The number of urea groups is 1. The predicted octanol–water partition coefficient (Wildman–Crippen LogP) is 2.11. The summed E-state index contributed by atoms with van der Waals surface area (Å²) in [6.07, 6.45) is 1.61. The van der Waals surface area contributed by atoms with E-state index in [0.717, 1.165) is 40.9 Å². The van der Waals surface area contributed by atoms with Crippen molar-refractivity contribution in [3.8, 4) is 11.5 Å². The summed E-state index contributed by atoms with van der Waals surface area (Å²) in [6.45, 7) is 2.72. The Morgan fingerprint density at radius 1 is 1.06 bits per heavy atom. The summed E-state index contributed by atoms with van der Waals surface area (Å²) in [6, 6.07) is 13.2. The molecule has 0 bridgehead atoms. The molecule has 1 aromatic heterocycles. The van der Waals surface area contributed by atoms with Crippen molar-refractivity contribution in [3.63, 3.8) is 0 Å². The van der Waals surface area contributed by atoms with Crippen LogP contribution in [0.3, 0.4) is 0 Å². The van der Waals surface area contributed by atoms with Crippen LogP contribution in [-0.4, -0.2) is 48.7 Å². The Labute approximate surface area is 184 Å². The number of hydrogen-bond donors (Lipinski definition) is 3. The van der Waals surface area contributed by atoms with Gasteiger partial charge in [0.15, 0.2) is 11.5 Å². The van der Waals surface area contributed by atoms with Crippen LogP contribution in [0.1, 0.15) is 18.4 Å². The molecule has 9 heteroatoms. The third-order valence-electron chi connectivity index (χ3n) is 6.32. The van der Waals surface area contributed by atoms with Gasteiger partial charge in [0.1, 0.15) is 0 Å². The van der Waals surface area contributed by atoms with Crippen LogP contribution in [0.5, 0.6) is 11.5 Å². The molecule has 0 aliphatic carbocycles. The van der Waals surface area contributed by atoms with Crippen LogP contribution in [0.25, 0.3) is 11.0 Å². The Morgan fingerprint density at radius 2 is 1.88 bits per heavy atom. The Kier molecular flexibility index (Phi) is 5.48. The van der Waals surface area contributed by atoms with Gasteiger partial charge in [-0.2, -0.15) is 0 Å². The van der Waals surface area contributed by atoms with Crippen LogP contribution in [-0.2, 0) is 16.7 Å². The summed E-state index contributed by atoms with van der Waals surface area (Å²) in [4.78, 5) is 27.5. The molecule has 3 N–H and O–H groups in total. The van der Waals surface area contributed by atoms with E-state index in [2.05, 4.69) is 15.6 Å². The molecule has 0 spiro atoms. The lowest BCUT2D eigenvalue weighted by atomic mass is 9.74. The highest BCUT2D eigenvalue weighted by Crippen LogP contribution is 2.40. The largest absolute Gasteiger partial charge is 0.454 e. The van der Waals surface area contributed by atoms with Gasteiger partial charge in [-0.15, -0.1) is 0 Å². The first-order valence-electron chi connectivity index (χ1n) is 10.8. The first-order chi connectivity index (χ1) is 15.6. The fraction of sp³-hybridized carbons (Fsp3) is 0.391. The molecule has 1 saturated heterocycles. The first-order valence-corrected chi connectivity index (χ1v) is 10.8. The number of amides is 2. The van der Waals surface area contributed by atoms with Crippen molar-refractivity contribution in [1.29, 1.82) is 0 Å². The minimum atomic E-state index is -0.260. The maximum Gasteiger partial charge on any atom is 0.326 e. The Morgan fingerprint density at radius 3 is 2.75 bits per heavy atom. The number of carbonyl (C=O) groups is 1. The summed E-state index contributed by atoms with van der Waals surface area (Å²) in [5.41, 5.74) is 2.30. The van der Waals surface area contributed by atoms with E-state index in [1.807, 2.05) is 42.5 Å². The number of imidazole rings is 1. The molecule has 0 atom stereocenters. The molecule has 0 unspecified atom stereocenters. The number of ether oxygens (including phenoxy) is 3. The van der Waals surface area contributed by atoms with Crippen molar-refractivity contribution >= 4 is 17.1 Å². The summed E-state index contributed by atoms with van der Waals surface area (Å²) < 4.78 is 18.2. The standard InChI is InChI=1S/C23H26N4O5/c28-21(24-9-10-27-18-4-2-1-3-17(18)26-22(27)29)25-14-23(7-11-30-12-8-23)16-5-6-19-20(13-16)32-15-31-19/h1-6,13H,7-12,14-15H2,(H,26,29)(H2,24,25,28). The van der Waals surface area contributed by atoms with E-state index in [0.29, 0.717) is 32.8 Å². The van der Waals surface area contributed by atoms with Crippen LogP contribution in [0, 0.1) is 0 Å². The number of H-pyrrole nitrogens is 1. The third-order valence-corrected chi connectivity index (χ3v) is 6.32. The lowest BCUT2D eigenvalue weighted by Crippen LogP contribution is -2.47. The zero-order valence-electron chi connectivity index (χ0n) is 17.7. The normalized spacial score (nSPS) is 16.8. The van der Waals surface area contributed by atoms with Gasteiger partial charge in [-0.05, 0) is 42.7 Å². The number of benzene rings is 2. The van der Waals surface area contributed by atoms with Gasteiger partial charge in [0.2, 0.25) is 6.79 Å². The number of hydrogen-bond acceptors (Lipinski definition) is 5. The summed E-state index contributed by atoms with van der Waals surface area (Å²) in [5, 5.41) is 5.88. The van der Waals surface area contributed by atoms with Crippen molar-refractivity contribution in [3.05, 3.63) is 58.5 Å². The minimum absolute atomic E-state index is 0.183. The van der Waals surface area contributed by atoms with E-state index >= 15 is 0 Å². The van der Waals surface area contributed by atoms with Crippen LogP contribution < -0.4 is 25.8 Å². The highest BCUT2D eigenvalue weighted by Gasteiger charge is 2.36. The van der Waals surface area contributed by atoms with Gasteiger partial charge < -0.3 is 29.8 Å². The zero-order chi connectivity index (χ0) is 22.0. The van der Waals surface area contributed by atoms with Crippen molar-refractivity contribution in [2.24, 2.45) is 0 Å². The SMILES string of the molecule is O=C(NCCn1c(=O)[nH]c2ccccc21)NCC1(c2ccc3c(c2)OCO3)CCOCC1. The molecule has 168 valence electrons. The Balaban J connectivity index is 1.21. The van der Waals surface area contributed by atoms with E-state index in [1.165, 1.54) is 0 Å². The van der Waals surface area contributed by atoms with Gasteiger partial charge >= 0.3 is 11.7 Å². The maximum absolute atomic E-state index is 12.5. The van der Waals surface area contributed by atoms with Gasteiger partial charge in [-0.3, -0.25) is 4.57 Å². The van der Waals surface area contributed by atoms with Crippen LogP contribution >= 0.6 is 0 Å². The first kappa shape index (κ1) is 20.4. The number of aromatic nitrogens is 2. The predicted molar refractivity (Wildman–Crippen MR) is 118 cm³/mol. The number of rotatable bonds is 6. The molecule has 2 amide bonds. The van der Waals surface area contributed by atoms with Crippen LogP contribution in [0.15, 0.2) is 47.3 Å². The van der Waals surface area contributed by atoms with E-state index in [-0.39, 0.29) is 23.9 Å². The lowest BCUT2D eigenvalue weighted by Gasteiger charge is -2.38. The Hall–Kier alpha value is -3.46. The number of nitrogens with one attached hydrogen (secondary N) is 3. The molecule has 2 aliphatic heterocycles. The molecule has 0 radical (unpaired) electrons. The lowest BCUT2D eigenvalue weighted by molar-refractivity contribution is 0.0506. The van der Waals surface area contributed by atoms with Crippen LogP contribution in [0.4, 0.5) is 4.79 Å². The van der Waals surface area contributed by atoms with Gasteiger partial charge in [0.25, 0.3) is 0 Å². The summed E-state index contributed by atoms with van der Waals surface area (Å²) in [7, 11) is 0. The van der Waals surface area contributed by atoms with Gasteiger partial charge in [-0.1, -0.05) is 18.2 Å². The molecule has 2 aliphatic rings. The molecule has 3 aromatic rings. The van der Waals surface area contributed by atoms with Gasteiger partial charge in [-0.25, -0.2) is 9.59 Å². The van der Waals surface area contributed by atoms with Crippen molar-refractivity contribution < 1.29 is 19.0 Å². The highest BCUT2D eigenvalue weighted by molar-refractivity contribution is 5.75. The molecule has 9 nitrogen and oxygen atoms in total. The number of para-hydroxylation sites is 2. The third kappa shape index (κ3) is 3.91. The average Bonchev–Trinajstić information content (AvgIpc) is 3.42. The maximum atomic E-state index is 12.5. The molecular weight excluding hydrogens is 412 g/mol. The van der Waals surface area contributed by atoms with Crippen molar-refractivity contribution in [1.82, 2.24) is 20.2 Å². The Bertz CT molecular complexity index is 1180. The zero-order valence-corrected chi connectivity index (χ0v) is 17.7. The fourth-order valence-electron chi connectivity index (χ4n) is 4.48. The molecule has 2 aromatic carbocycles. The molecule has 1 fully saturated rings. The van der Waals surface area contributed by atoms with E-state index < -0.39 is 0 Å². The van der Waals surface area contributed by atoms with Gasteiger partial charge in [0, 0.05) is 38.3 Å². The van der Waals surface area contributed by atoms with Crippen LogP contribution in [0.2, 0.25) is 0 Å².